The normalized spacial score (nSPS) is 17.1. The lowest BCUT2D eigenvalue weighted by molar-refractivity contribution is 0.0777. The molecule has 0 bridgehead atoms. The van der Waals surface area contributed by atoms with E-state index in [1.165, 1.54) is 0 Å². The van der Waals surface area contributed by atoms with Crippen LogP contribution in [0.1, 0.15) is 52.9 Å². The average molecular weight is 400 g/mol. The van der Waals surface area contributed by atoms with Crippen molar-refractivity contribution in [2.24, 2.45) is 5.73 Å². The minimum absolute atomic E-state index is 0.123. The second kappa shape index (κ2) is 8.91. The lowest BCUT2D eigenvalue weighted by Crippen LogP contribution is -2.38. The summed E-state index contributed by atoms with van der Waals surface area (Å²) in [4.78, 5) is 26.9. The molecule has 3 heterocycles. The average Bonchev–Trinajstić information content (AvgIpc) is 3.45. The van der Waals surface area contributed by atoms with Crippen molar-refractivity contribution in [3.05, 3.63) is 41.6 Å². The maximum absolute atomic E-state index is 12.6. The molecule has 0 aromatic carbocycles. The number of amides is 2. The molecule has 2 aromatic rings. The van der Waals surface area contributed by atoms with Gasteiger partial charge in [-0.15, -0.1) is 0 Å². The van der Waals surface area contributed by atoms with Crippen LogP contribution in [-0.4, -0.2) is 69.4 Å². The molecule has 0 radical (unpaired) electrons. The number of likely N-dealkylation sites (tertiary alicyclic amines) is 1. The molecule has 0 aliphatic carbocycles. The highest BCUT2D eigenvalue weighted by molar-refractivity contribution is 5.94. The molecule has 2 amide bonds. The number of carbonyl (C=O) groups excluding carboxylic acids is 2. The molecule has 29 heavy (non-hydrogen) atoms. The van der Waals surface area contributed by atoms with Gasteiger partial charge in [-0.3, -0.25) is 14.7 Å². The Hall–Kier alpha value is -3.14. The van der Waals surface area contributed by atoms with Crippen molar-refractivity contribution >= 4 is 17.5 Å². The zero-order chi connectivity index (χ0) is 21.0. The van der Waals surface area contributed by atoms with Gasteiger partial charge in [-0.2, -0.15) is 10.2 Å². The Balaban J connectivity index is 1.58. The minimum Gasteiger partial charge on any atom is -0.392 e. The fraction of sp³-hybridized carbons (Fsp3) is 0.474. The van der Waals surface area contributed by atoms with Crippen molar-refractivity contribution in [3.8, 4) is 0 Å². The van der Waals surface area contributed by atoms with Gasteiger partial charge in [-0.05, 0) is 24.5 Å². The van der Waals surface area contributed by atoms with E-state index in [0.717, 1.165) is 11.4 Å². The second-order valence-corrected chi connectivity index (χ2v) is 7.35. The summed E-state index contributed by atoms with van der Waals surface area (Å²) >= 11 is 0. The molecule has 1 atom stereocenters. The number of nitrogens with two attached hydrogens (primary N) is 1. The highest BCUT2D eigenvalue weighted by Gasteiger charge is 2.30. The van der Waals surface area contributed by atoms with Gasteiger partial charge in [-0.1, -0.05) is 13.8 Å². The fourth-order valence-electron chi connectivity index (χ4n) is 3.22. The molecule has 1 saturated heterocycles. The Kier molecular flexibility index (Phi) is 6.32. The Morgan fingerprint density at radius 1 is 1.41 bits per heavy atom. The van der Waals surface area contributed by atoms with Gasteiger partial charge in [0.2, 0.25) is 0 Å². The third kappa shape index (κ3) is 4.65. The Morgan fingerprint density at radius 3 is 2.86 bits per heavy atom. The van der Waals surface area contributed by atoms with Crippen molar-refractivity contribution < 1.29 is 9.59 Å². The minimum atomic E-state index is -0.272. The first-order valence-electron chi connectivity index (χ1n) is 9.70. The van der Waals surface area contributed by atoms with E-state index in [1.807, 2.05) is 13.8 Å². The van der Waals surface area contributed by atoms with Crippen molar-refractivity contribution in [1.82, 2.24) is 35.5 Å². The van der Waals surface area contributed by atoms with E-state index in [0.29, 0.717) is 30.9 Å². The zero-order valence-corrected chi connectivity index (χ0v) is 17.0. The quantitative estimate of drug-likeness (QED) is 0.530. The molecule has 10 nitrogen and oxygen atoms in total. The number of aromatic nitrogens is 4. The van der Waals surface area contributed by atoms with E-state index >= 15 is 0 Å². The number of nitrogens with one attached hydrogen (secondary N) is 3. The van der Waals surface area contributed by atoms with Gasteiger partial charge >= 0.3 is 0 Å². The van der Waals surface area contributed by atoms with Crippen LogP contribution in [-0.2, 0) is 0 Å². The molecule has 1 fully saturated rings. The van der Waals surface area contributed by atoms with E-state index in [4.69, 9.17) is 5.73 Å². The van der Waals surface area contributed by atoms with Gasteiger partial charge in [0, 0.05) is 50.8 Å². The predicted molar refractivity (Wildman–Crippen MR) is 109 cm³/mol. The van der Waals surface area contributed by atoms with Crippen LogP contribution in [0.4, 0.5) is 0 Å². The van der Waals surface area contributed by atoms with Crippen LogP contribution in [0.15, 0.2) is 24.5 Å². The Bertz CT molecular complexity index is 898. The van der Waals surface area contributed by atoms with Crippen molar-refractivity contribution in [2.75, 3.05) is 26.7 Å². The maximum atomic E-state index is 12.6. The summed E-state index contributed by atoms with van der Waals surface area (Å²) in [5.74, 6) is -0.123. The van der Waals surface area contributed by atoms with Crippen molar-refractivity contribution in [2.45, 2.75) is 32.2 Å². The molecule has 3 rings (SSSR count). The summed E-state index contributed by atoms with van der Waals surface area (Å²) in [5, 5.41) is 17.2. The van der Waals surface area contributed by atoms with Gasteiger partial charge in [0.1, 0.15) is 5.69 Å². The molecule has 0 saturated carbocycles. The Morgan fingerprint density at radius 2 is 2.21 bits per heavy atom. The van der Waals surface area contributed by atoms with Crippen LogP contribution in [0.2, 0.25) is 0 Å². The van der Waals surface area contributed by atoms with Crippen LogP contribution < -0.4 is 16.4 Å². The highest BCUT2D eigenvalue weighted by Crippen LogP contribution is 2.17. The summed E-state index contributed by atoms with van der Waals surface area (Å²) in [6.45, 7) is 5.38. The van der Waals surface area contributed by atoms with Crippen molar-refractivity contribution in [1.29, 1.82) is 0 Å². The first-order valence-corrected chi connectivity index (χ1v) is 9.70. The van der Waals surface area contributed by atoms with Gasteiger partial charge in [0.15, 0.2) is 5.69 Å². The first kappa shape index (κ1) is 20.6. The molecule has 10 heteroatoms. The molecule has 5 N–H and O–H groups in total. The smallest absolute Gasteiger partial charge is 0.274 e. The zero-order valence-electron chi connectivity index (χ0n) is 17.0. The molecule has 156 valence electrons. The number of carbonyl (C=O) groups is 2. The van der Waals surface area contributed by atoms with Crippen LogP contribution in [0, 0.1) is 0 Å². The lowest BCUT2D eigenvalue weighted by Gasteiger charge is -2.15. The predicted octanol–water partition coefficient (Wildman–Crippen LogP) is 0.351. The SMILES string of the molecule is CN/C=C(\CN)n1ccc(C(=O)NC2CCN(C(=O)c3cc(C(C)C)[nH]n3)C2)n1. The summed E-state index contributed by atoms with van der Waals surface area (Å²) in [6.07, 6.45) is 4.11. The van der Waals surface area contributed by atoms with Crippen LogP contribution in [0.5, 0.6) is 0 Å². The number of aromatic amines is 1. The fourth-order valence-corrected chi connectivity index (χ4v) is 3.22. The standard InChI is InChI=1S/C19H28N8O2/c1-12(2)16-8-17(24-23-16)19(29)26-6-4-13(11-26)22-18(28)15-5-7-27(25-15)14(9-20)10-21-3/h5,7-8,10,12-13,21H,4,6,9,11,20H2,1-3H3,(H,22,28)(H,23,24)/b14-10+. The lowest BCUT2D eigenvalue weighted by atomic mass is 10.1. The van der Waals surface area contributed by atoms with Crippen molar-refractivity contribution in [3.63, 3.8) is 0 Å². The summed E-state index contributed by atoms with van der Waals surface area (Å²) < 4.78 is 1.57. The number of rotatable bonds is 7. The molecule has 2 aromatic heterocycles. The highest BCUT2D eigenvalue weighted by atomic mass is 16.2. The van der Waals surface area contributed by atoms with Gasteiger partial charge < -0.3 is 21.3 Å². The van der Waals surface area contributed by atoms with E-state index in [1.54, 1.807) is 41.2 Å². The van der Waals surface area contributed by atoms with E-state index < -0.39 is 0 Å². The summed E-state index contributed by atoms with van der Waals surface area (Å²) in [6, 6.07) is 3.31. The van der Waals surface area contributed by atoms with Crippen LogP contribution >= 0.6 is 0 Å². The molecule has 0 spiro atoms. The molecular weight excluding hydrogens is 372 g/mol. The monoisotopic (exact) mass is 400 g/mol. The summed E-state index contributed by atoms with van der Waals surface area (Å²) in [5.41, 5.74) is 8.08. The molecule has 1 aliphatic heterocycles. The number of nitrogens with zero attached hydrogens (tertiary/aromatic N) is 4. The maximum Gasteiger partial charge on any atom is 0.274 e. The Labute approximate surface area is 169 Å². The third-order valence-corrected chi connectivity index (χ3v) is 4.89. The van der Waals surface area contributed by atoms with E-state index in [-0.39, 0.29) is 30.3 Å². The largest absolute Gasteiger partial charge is 0.392 e. The molecule has 1 unspecified atom stereocenters. The second-order valence-electron chi connectivity index (χ2n) is 7.35. The third-order valence-electron chi connectivity index (χ3n) is 4.89. The first-order chi connectivity index (χ1) is 13.9. The number of hydrogen-bond acceptors (Lipinski definition) is 6. The van der Waals surface area contributed by atoms with E-state index in [2.05, 4.69) is 25.9 Å². The van der Waals surface area contributed by atoms with E-state index in [9.17, 15) is 9.59 Å². The topological polar surface area (TPSA) is 134 Å². The molecule has 1 aliphatic rings. The van der Waals surface area contributed by atoms with Crippen LogP contribution in [0.25, 0.3) is 5.70 Å². The van der Waals surface area contributed by atoms with Crippen LogP contribution in [0.3, 0.4) is 0 Å². The number of hydrogen-bond donors (Lipinski definition) is 4. The van der Waals surface area contributed by atoms with Gasteiger partial charge in [0.05, 0.1) is 5.70 Å². The van der Waals surface area contributed by atoms with Gasteiger partial charge in [-0.25, -0.2) is 4.68 Å². The number of H-pyrrole nitrogens is 1. The summed E-state index contributed by atoms with van der Waals surface area (Å²) in [7, 11) is 1.77. The molecular formula is C19H28N8O2. The van der Waals surface area contributed by atoms with Gasteiger partial charge in [0.25, 0.3) is 11.8 Å².